The van der Waals surface area contributed by atoms with Crippen molar-refractivity contribution in [3.8, 4) is 23.0 Å². The Bertz CT molecular complexity index is 1850. The molecule has 2 heterocycles. The molecule has 0 aromatic heterocycles. The second-order valence-electron chi connectivity index (χ2n) is 17.0. The number of nitrogens with two attached hydrogens (primary N) is 4. The van der Waals surface area contributed by atoms with E-state index in [1.54, 1.807) is 48.5 Å². The van der Waals surface area contributed by atoms with Crippen LogP contribution in [0.4, 0.5) is 0 Å². The Balaban J connectivity index is 0.000000254. The first-order chi connectivity index (χ1) is 33.2. The minimum Gasteiger partial charge on any atom is -0.494 e. The van der Waals surface area contributed by atoms with Gasteiger partial charge < -0.3 is 72.5 Å². The lowest BCUT2D eigenvalue weighted by atomic mass is 9.92. The third-order valence-electron chi connectivity index (χ3n) is 12.3. The van der Waals surface area contributed by atoms with Crippen LogP contribution in [-0.4, -0.2) is 120 Å². The lowest BCUT2D eigenvalue weighted by molar-refractivity contribution is 0.161. The molecule has 0 aliphatic carbocycles. The summed E-state index contributed by atoms with van der Waals surface area (Å²) in [6.45, 7) is 9.34. The summed E-state index contributed by atoms with van der Waals surface area (Å²) in [6, 6.07) is 28.9. The lowest BCUT2D eigenvalue weighted by Gasteiger charge is -2.32. The number of amidine groups is 4. The Morgan fingerprint density at radius 2 is 0.632 bits per heavy atom. The van der Waals surface area contributed by atoms with Crippen molar-refractivity contribution in [2.24, 2.45) is 55.4 Å². The van der Waals surface area contributed by atoms with Crippen LogP contribution in [0.5, 0.6) is 23.0 Å². The Kier molecular flexibility index (Phi) is 22.2. The number of ether oxygens (including phenoxy) is 4. The van der Waals surface area contributed by atoms with Crippen molar-refractivity contribution in [3.05, 3.63) is 119 Å². The molecule has 68 heavy (non-hydrogen) atoms. The summed E-state index contributed by atoms with van der Waals surface area (Å²) in [5.41, 5.74) is 24.9. The van der Waals surface area contributed by atoms with Gasteiger partial charge in [-0.2, -0.15) is 0 Å². The molecule has 2 fully saturated rings. The van der Waals surface area contributed by atoms with Crippen LogP contribution < -0.4 is 41.9 Å². The molecule has 0 spiro atoms. The molecule has 6 rings (SSSR count). The molecular formula is C50H70N10O8. The van der Waals surface area contributed by atoms with Crippen LogP contribution >= 0.6 is 0 Å². The standard InChI is InChI=1S/2C25H35N5O4/c2*26-24(28-31)20-4-8-22(9-5-20)33-17-1-3-19-12-15-30(16-13-19)14-2-18-34-23-10-6-21(7-11-23)25(27)29-32/h2*4-11,19,31-32H,1-3,12-18H2,(H2,26,28)(H2,27,29). The van der Waals surface area contributed by atoms with Crippen LogP contribution in [0, 0.1) is 11.8 Å². The van der Waals surface area contributed by atoms with Crippen molar-refractivity contribution in [2.45, 2.75) is 64.2 Å². The first-order valence-electron chi connectivity index (χ1n) is 23.5. The van der Waals surface area contributed by atoms with E-state index in [0.29, 0.717) is 48.7 Å². The third-order valence-corrected chi connectivity index (χ3v) is 12.3. The Morgan fingerprint density at radius 1 is 0.397 bits per heavy atom. The van der Waals surface area contributed by atoms with E-state index < -0.39 is 0 Å². The van der Waals surface area contributed by atoms with Gasteiger partial charge in [0, 0.05) is 35.3 Å². The van der Waals surface area contributed by atoms with Crippen molar-refractivity contribution in [3.63, 3.8) is 0 Å². The molecule has 12 N–H and O–H groups in total. The van der Waals surface area contributed by atoms with Gasteiger partial charge in [0.25, 0.3) is 0 Å². The van der Waals surface area contributed by atoms with E-state index in [1.165, 1.54) is 38.5 Å². The van der Waals surface area contributed by atoms with Crippen molar-refractivity contribution < 1.29 is 39.8 Å². The molecule has 18 nitrogen and oxygen atoms in total. The summed E-state index contributed by atoms with van der Waals surface area (Å²) >= 11 is 0. The van der Waals surface area contributed by atoms with E-state index in [-0.39, 0.29) is 23.3 Å². The fourth-order valence-electron chi connectivity index (χ4n) is 8.20. The number of oxime groups is 4. The van der Waals surface area contributed by atoms with E-state index in [0.717, 1.165) is 99.8 Å². The van der Waals surface area contributed by atoms with Crippen LogP contribution in [0.1, 0.15) is 86.5 Å². The van der Waals surface area contributed by atoms with Gasteiger partial charge in [-0.3, -0.25) is 0 Å². The largest absolute Gasteiger partial charge is 0.494 e. The molecule has 0 radical (unpaired) electrons. The fraction of sp³-hybridized carbons (Fsp3) is 0.440. The molecule has 0 bridgehead atoms. The predicted molar refractivity (Wildman–Crippen MR) is 264 cm³/mol. The maximum Gasteiger partial charge on any atom is 0.170 e. The molecule has 368 valence electrons. The smallest absolute Gasteiger partial charge is 0.170 e. The van der Waals surface area contributed by atoms with Gasteiger partial charge in [-0.1, -0.05) is 20.6 Å². The zero-order chi connectivity index (χ0) is 48.4. The van der Waals surface area contributed by atoms with Gasteiger partial charge in [-0.25, -0.2) is 0 Å². The van der Waals surface area contributed by atoms with Crippen LogP contribution in [0.2, 0.25) is 0 Å². The maximum absolute atomic E-state index is 8.71. The van der Waals surface area contributed by atoms with Gasteiger partial charge in [-0.05, 0) is 199 Å². The number of rotatable bonds is 24. The van der Waals surface area contributed by atoms with Crippen molar-refractivity contribution in [1.29, 1.82) is 0 Å². The number of hydrogen-bond donors (Lipinski definition) is 8. The number of likely N-dealkylation sites (tertiary alicyclic amines) is 2. The summed E-state index contributed by atoms with van der Waals surface area (Å²) < 4.78 is 23.3. The highest BCUT2D eigenvalue weighted by Gasteiger charge is 2.20. The minimum absolute atomic E-state index is 0.0916. The maximum atomic E-state index is 8.71. The topological polar surface area (TPSA) is 278 Å². The fourth-order valence-corrected chi connectivity index (χ4v) is 8.20. The van der Waals surface area contributed by atoms with Crippen LogP contribution in [-0.2, 0) is 0 Å². The highest BCUT2D eigenvalue weighted by molar-refractivity contribution is 5.98. The van der Waals surface area contributed by atoms with E-state index in [1.807, 2.05) is 48.5 Å². The highest BCUT2D eigenvalue weighted by Crippen LogP contribution is 2.24. The molecule has 0 saturated carbocycles. The SMILES string of the molecule is N/C(=N\O)c1ccc(OCCCC2CCN(CCCOc3ccc(/C(N)=N/O)cc3)CC2)cc1.N/C(=N\O)c1ccc(OCCCC2CCN(CCCOc3ccc(/C(N)=N/O)cc3)CC2)cc1. The molecule has 18 heteroatoms. The summed E-state index contributed by atoms with van der Waals surface area (Å²) in [7, 11) is 0. The number of benzene rings is 4. The predicted octanol–water partition coefficient (Wildman–Crippen LogP) is 6.43. The Hall–Kier alpha value is -6.92. The Morgan fingerprint density at radius 3 is 0.868 bits per heavy atom. The van der Waals surface area contributed by atoms with Gasteiger partial charge in [0.15, 0.2) is 23.3 Å². The Labute approximate surface area is 399 Å². The monoisotopic (exact) mass is 939 g/mol. The van der Waals surface area contributed by atoms with E-state index >= 15 is 0 Å². The third kappa shape index (κ3) is 18.0. The minimum atomic E-state index is 0.0916. The zero-order valence-electron chi connectivity index (χ0n) is 38.9. The van der Waals surface area contributed by atoms with Crippen LogP contribution in [0.15, 0.2) is 118 Å². The highest BCUT2D eigenvalue weighted by atomic mass is 16.5. The first-order valence-corrected chi connectivity index (χ1v) is 23.5. The average Bonchev–Trinajstić information content (AvgIpc) is 3.39. The number of nitrogens with zero attached hydrogens (tertiary/aromatic N) is 6. The molecule has 2 aliphatic rings. The second kappa shape index (κ2) is 29.0. The normalized spacial score (nSPS) is 15.9. The zero-order valence-corrected chi connectivity index (χ0v) is 38.9. The van der Waals surface area contributed by atoms with Gasteiger partial charge in [0.1, 0.15) is 23.0 Å². The van der Waals surface area contributed by atoms with Crippen molar-refractivity contribution in [2.75, 3.05) is 65.7 Å². The summed E-state index contributed by atoms with van der Waals surface area (Å²) in [5.74, 6) is 5.05. The van der Waals surface area contributed by atoms with Crippen molar-refractivity contribution >= 4 is 23.3 Å². The molecule has 0 unspecified atom stereocenters. The quantitative estimate of drug-likeness (QED) is 0.0124. The van der Waals surface area contributed by atoms with Crippen LogP contribution in [0.25, 0.3) is 0 Å². The molecule has 4 aromatic carbocycles. The molecule has 2 aliphatic heterocycles. The molecular weight excluding hydrogens is 869 g/mol. The van der Waals surface area contributed by atoms with Gasteiger partial charge in [0.2, 0.25) is 0 Å². The van der Waals surface area contributed by atoms with Gasteiger partial charge >= 0.3 is 0 Å². The van der Waals surface area contributed by atoms with Crippen molar-refractivity contribution in [1.82, 2.24) is 9.80 Å². The van der Waals surface area contributed by atoms with Crippen LogP contribution in [0.3, 0.4) is 0 Å². The second-order valence-corrected chi connectivity index (χ2v) is 17.0. The first kappa shape index (κ1) is 52.1. The van der Waals surface area contributed by atoms with E-state index in [2.05, 4.69) is 30.4 Å². The van der Waals surface area contributed by atoms with E-state index in [9.17, 15) is 0 Å². The van der Waals surface area contributed by atoms with Gasteiger partial charge in [-0.15, -0.1) is 0 Å². The summed E-state index contributed by atoms with van der Waals surface area (Å²) in [4.78, 5) is 5.03. The van der Waals surface area contributed by atoms with E-state index in [4.69, 9.17) is 62.7 Å². The number of piperidine rings is 2. The lowest BCUT2D eigenvalue weighted by Crippen LogP contribution is -2.35. The molecule has 4 aromatic rings. The van der Waals surface area contributed by atoms with Gasteiger partial charge in [0.05, 0.1) is 26.4 Å². The number of hydrogen-bond acceptors (Lipinski definition) is 14. The molecule has 0 atom stereocenters. The molecule has 0 amide bonds. The summed E-state index contributed by atoms with van der Waals surface area (Å²) in [6.07, 6.45) is 11.3. The molecule has 2 saturated heterocycles. The average molecular weight is 939 g/mol. The summed E-state index contributed by atoms with van der Waals surface area (Å²) in [5, 5.41) is 46.8.